The quantitative estimate of drug-likeness (QED) is 0.705. The summed E-state index contributed by atoms with van der Waals surface area (Å²) >= 11 is 1.12. The number of rotatable bonds is 4. The van der Waals surface area contributed by atoms with Crippen molar-refractivity contribution < 1.29 is 13.6 Å². The van der Waals surface area contributed by atoms with Crippen molar-refractivity contribution in [3.8, 4) is 0 Å². The fraction of sp³-hybridized carbons (Fsp3) is 0.294. The molecule has 2 aromatic heterocycles. The molecule has 1 N–H and O–H groups in total. The summed E-state index contributed by atoms with van der Waals surface area (Å²) in [6.07, 6.45) is 0. The Morgan fingerprint density at radius 1 is 1.23 bits per heavy atom. The van der Waals surface area contributed by atoms with Crippen LogP contribution in [-0.4, -0.2) is 30.7 Å². The number of fused-ring (bicyclic) bond motifs is 1. The maximum absolute atomic E-state index is 13.7. The van der Waals surface area contributed by atoms with Crippen molar-refractivity contribution in [3.63, 3.8) is 0 Å². The molecule has 1 aromatic carbocycles. The lowest BCUT2D eigenvalue weighted by atomic mass is 10.2. The summed E-state index contributed by atoms with van der Waals surface area (Å²) in [5.41, 5.74) is 2.61. The number of thioether (sulfide) groups is 1. The number of nitrogens with zero attached hydrogens (tertiary/aromatic N) is 4. The normalized spacial score (nSPS) is 12.4. The van der Waals surface area contributed by atoms with Crippen molar-refractivity contribution in [1.82, 2.24) is 19.6 Å². The van der Waals surface area contributed by atoms with Crippen molar-refractivity contribution in [1.29, 1.82) is 0 Å². The SMILES string of the molecule is Cc1nc2nc(S[C@@H](C)C(=O)Nc3cc(F)ccc3F)nn2c(C)c1C. The van der Waals surface area contributed by atoms with Crippen LogP contribution in [0.2, 0.25) is 0 Å². The molecule has 1 amide bonds. The van der Waals surface area contributed by atoms with Gasteiger partial charge in [0.2, 0.25) is 11.1 Å². The number of anilines is 1. The van der Waals surface area contributed by atoms with Gasteiger partial charge >= 0.3 is 0 Å². The van der Waals surface area contributed by atoms with Crippen LogP contribution in [-0.2, 0) is 4.79 Å². The van der Waals surface area contributed by atoms with E-state index < -0.39 is 22.8 Å². The molecular weight excluding hydrogens is 360 g/mol. The van der Waals surface area contributed by atoms with Crippen LogP contribution >= 0.6 is 11.8 Å². The molecule has 0 radical (unpaired) electrons. The van der Waals surface area contributed by atoms with Gasteiger partial charge in [-0.1, -0.05) is 11.8 Å². The van der Waals surface area contributed by atoms with E-state index in [0.29, 0.717) is 10.9 Å². The van der Waals surface area contributed by atoms with Gasteiger partial charge in [0.05, 0.1) is 10.9 Å². The van der Waals surface area contributed by atoms with Crippen LogP contribution < -0.4 is 5.32 Å². The average Bonchev–Trinajstić information content (AvgIpc) is 2.98. The van der Waals surface area contributed by atoms with Crippen LogP contribution in [0.5, 0.6) is 0 Å². The van der Waals surface area contributed by atoms with Crippen molar-refractivity contribution in [2.45, 2.75) is 38.1 Å². The Balaban J connectivity index is 1.78. The van der Waals surface area contributed by atoms with Gasteiger partial charge in [0.25, 0.3) is 5.78 Å². The first kappa shape index (κ1) is 18.2. The van der Waals surface area contributed by atoms with E-state index in [2.05, 4.69) is 20.4 Å². The number of hydrogen-bond donors (Lipinski definition) is 1. The number of hydrogen-bond acceptors (Lipinski definition) is 5. The minimum Gasteiger partial charge on any atom is -0.323 e. The first-order valence-corrected chi connectivity index (χ1v) is 8.77. The van der Waals surface area contributed by atoms with E-state index in [9.17, 15) is 13.6 Å². The third-order valence-electron chi connectivity index (χ3n) is 4.08. The highest BCUT2D eigenvalue weighted by atomic mass is 32.2. The second-order valence-corrected chi connectivity index (χ2v) is 7.20. The zero-order valence-electron chi connectivity index (χ0n) is 14.7. The van der Waals surface area contributed by atoms with E-state index in [1.54, 1.807) is 11.4 Å². The Kier molecular flexibility index (Phi) is 4.90. The standard InChI is InChI=1S/C17H17F2N5OS/c1-8-9(2)20-16-22-17(23-24(16)10(8)3)26-11(4)15(25)21-14-7-12(18)5-6-13(14)19/h5-7,11H,1-4H3,(H,21,25)/t11-/m0/s1. The van der Waals surface area contributed by atoms with Gasteiger partial charge in [0.1, 0.15) is 11.6 Å². The molecule has 0 unspecified atom stereocenters. The molecule has 136 valence electrons. The third kappa shape index (κ3) is 3.52. The van der Waals surface area contributed by atoms with Gasteiger partial charge in [0.15, 0.2) is 0 Å². The zero-order valence-corrected chi connectivity index (χ0v) is 15.5. The number of benzene rings is 1. The average molecular weight is 377 g/mol. The number of carbonyl (C=O) groups is 1. The second kappa shape index (κ2) is 6.99. The maximum Gasteiger partial charge on any atom is 0.253 e. The second-order valence-electron chi connectivity index (χ2n) is 5.89. The number of carbonyl (C=O) groups excluding carboxylic acids is 1. The van der Waals surface area contributed by atoms with Crippen LogP contribution in [0.3, 0.4) is 0 Å². The van der Waals surface area contributed by atoms with Gasteiger partial charge < -0.3 is 5.32 Å². The van der Waals surface area contributed by atoms with Crippen molar-refractivity contribution >= 4 is 29.1 Å². The molecule has 0 spiro atoms. The van der Waals surface area contributed by atoms with Crippen molar-refractivity contribution in [3.05, 3.63) is 46.8 Å². The minimum absolute atomic E-state index is 0.200. The number of halogens is 2. The molecule has 0 bridgehead atoms. The molecule has 3 rings (SSSR count). The summed E-state index contributed by atoms with van der Waals surface area (Å²) in [5, 5.41) is 6.52. The summed E-state index contributed by atoms with van der Waals surface area (Å²) in [6, 6.07) is 2.89. The topological polar surface area (TPSA) is 72.2 Å². The van der Waals surface area contributed by atoms with Gasteiger partial charge in [-0.25, -0.2) is 18.3 Å². The van der Waals surface area contributed by atoms with Crippen LogP contribution in [0.15, 0.2) is 23.4 Å². The zero-order chi connectivity index (χ0) is 19.0. The molecule has 0 saturated heterocycles. The maximum atomic E-state index is 13.7. The molecule has 0 fully saturated rings. The largest absolute Gasteiger partial charge is 0.323 e. The first-order chi connectivity index (χ1) is 12.3. The Morgan fingerprint density at radius 2 is 1.96 bits per heavy atom. The van der Waals surface area contributed by atoms with Crippen LogP contribution in [0.25, 0.3) is 5.78 Å². The molecule has 26 heavy (non-hydrogen) atoms. The number of aromatic nitrogens is 4. The molecule has 6 nitrogen and oxygen atoms in total. The molecular formula is C17H17F2N5OS. The lowest BCUT2D eigenvalue weighted by Crippen LogP contribution is -2.23. The summed E-state index contributed by atoms with van der Waals surface area (Å²) in [7, 11) is 0. The lowest BCUT2D eigenvalue weighted by Gasteiger charge is -2.10. The Hall–Kier alpha value is -2.55. The highest BCUT2D eigenvalue weighted by molar-refractivity contribution is 8.00. The predicted octanol–water partition coefficient (Wildman–Crippen LogP) is 3.45. The third-order valence-corrected chi connectivity index (χ3v) is 5.03. The van der Waals surface area contributed by atoms with Crippen molar-refractivity contribution in [2.24, 2.45) is 0 Å². The molecule has 0 aliphatic heterocycles. The molecule has 0 aliphatic rings. The molecule has 2 heterocycles. The van der Waals surface area contributed by atoms with Gasteiger partial charge in [-0.3, -0.25) is 4.79 Å². The van der Waals surface area contributed by atoms with Crippen LogP contribution in [0.4, 0.5) is 14.5 Å². The monoisotopic (exact) mass is 377 g/mol. The van der Waals surface area contributed by atoms with Crippen LogP contribution in [0, 0.1) is 32.4 Å². The summed E-state index contributed by atoms with van der Waals surface area (Å²) in [4.78, 5) is 21.0. The summed E-state index contributed by atoms with van der Waals surface area (Å²) < 4.78 is 28.5. The van der Waals surface area contributed by atoms with E-state index in [1.165, 1.54) is 0 Å². The molecule has 0 aliphatic carbocycles. The number of nitrogens with one attached hydrogen (secondary N) is 1. The first-order valence-electron chi connectivity index (χ1n) is 7.89. The predicted molar refractivity (Wildman–Crippen MR) is 95.3 cm³/mol. The molecule has 0 saturated carbocycles. The Bertz CT molecular complexity index is 1000. The highest BCUT2D eigenvalue weighted by Crippen LogP contribution is 2.23. The summed E-state index contributed by atoms with van der Waals surface area (Å²) in [6.45, 7) is 7.41. The van der Waals surface area contributed by atoms with Gasteiger partial charge in [0, 0.05) is 17.5 Å². The van der Waals surface area contributed by atoms with E-state index in [1.807, 2.05) is 20.8 Å². The molecule has 9 heteroatoms. The van der Waals surface area contributed by atoms with E-state index in [4.69, 9.17) is 0 Å². The van der Waals surface area contributed by atoms with E-state index in [0.717, 1.165) is 46.9 Å². The van der Waals surface area contributed by atoms with Gasteiger partial charge in [-0.2, -0.15) is 4.98 Å². The Morgan fingerprint density at radius 3 is 2.69 bits per heavy atom. The number of aryl methyl sites for hydroxylation is 2. The Labute approximate surface area is 153 Å². The molecule has 1 atom stereocenters. The fourth-order valence-corrected chi connectivity index (χ4v) is 3.07. The lowest BCUT2D eigenvalue weighted by molar-refractivity contribution is -0.115. The van der Waals surface area contributed by atoms with E-state index in [-0.39, 0.29) is 5.69 Å². The molecule has 3 aromatic rings. The smallest absolute Gasteiger partial charge is 0.253 e. The van der Waals surface area contributed by atoms with Gasteiger partial charge in [-0.05, 0) is 45.4 Å². The highest BCUT2D eigenvalue weighted by Gasteiger charge is 2.20. The number of amides is 1. The van der Waals surface area contributed by atoms with Crippen molar-refractivity contribution in [2.75, 3.05) is 5.32 Å². The van der Waals surface area contributed by atoms with E-state index >= 15 is 0 Å². The van der Waals surface area contributed by atoms with Crippen LogP contribution in [0.1, 0.15) is 23.9 Å². The summed E-state index contributed by atoms with van der Waals surface area (Å²) in [5.74, 6) is -1.35. The minimum atomic E-state index is -0.700. The van der Waals surface area contributed by atoms with Gasteiger partial charge in [-0.15, -0.1) is 5.10 Å². The fourth-order valence-electron chi connectivity index (χ4n) is 2.33.